The van der Waals surface area contributed by atoms with E-state index in [2.05, 4.69) is 10.3 Å². The van der Waals surface area contributed by atoms with Crippen molar-refractivity contribution in [1.29, 1.82) is 0 Å². The van der Waals surface area contributed by atoms with Gasteiger partial charge in [0.2, 0.25) is 5.91 Å². The number of benzene rings is 2. The second-order valence-corrected chi connectivity index (χ2v) is 5.07. The molecule has 2 aromatic carbocycles. The molecule has 0 saturated heterocycles. The van der Waals surface area contributed by atoms with E-state index < -0.39 is 17.5 Å². The molecule has 0 bridgehead atoms. The van der Waals surface area contributed by atoms with Gasteiger partial charge in [0.25, 0.3) is 5.56 Å². The van der Waals surface area contributed by atoms with Crippen molar-refractivity contribution in [3.63, 3.8) is 0 Å². The highest BCUT2D eigenvalue weighted by Crippen LogP contribution is 2.17. The van der Waals surface area contributed by atoms with Crippen molar-refractivity contribution >= 4 is 22.4 Å². The Morgan fingerprint density at radius 2 is 1.91 bits per heavy atom. The Kier molecular flexibility index (Phi) is 3.89. The minimum Gasteiger partial charge on any atom is -0.329 e. The fraction of sp³-hybridized carbons (Fsp3) is 0.0588. The van der Waals surface area contributed by atoms with Crippen LogP contribution in [0.25, 0.3) is 10.8 Å². The van der Waals surface area contributed by atoms with Crippen molar-refractivity contribution in [3.05, 3.63) is 76.2 Å². The molecular formula is C17H12F2N2O2. The zero-order chi connectivity index (χ0) is 16.4. The smallest absolute Gasteiger partial charge is 0.255 e. The quantitative estimate of drug-likeness (QED) is 0.780. The third kappa shape index (κ3) is 3.26. The molecule has 0 spiro atoms. The molecule has 3 aromatic rings. The maximum absolute atomic E-state index is 13.5. The number of hydrogen-bond donors (Lipinski definition) is 2. The van der Waals surface area contributed by atoms with Crippen molar-refractivity contribution in [2.45, 2.75) is 6.42 Å². The fourth-order valence-corrected chi connectivity index (χ4v) is 2.31. The molecule has 2 N–H and O–H groups in total. The van der Waals surface area contributed by atoms with Crippen LogP contribution >= 0.6 is 0 Å². The fourth-order valence-electron chi connectivity index (χ4n) is 2.31. The van der Waals surface area contributed by atoms with Gasteiger partial charge in [-0.05, 0) is 41.3 Å². The van der Waals surface area contributed by atoms with Gasteiger partial charge in [0.15, 0.2) is 0 Å². The Labute approximate surface area is 129 Å². The second-order valence-electron chi connectivity index (χ2n) is 5.07. The molecule has 0 fully saturated rings. The Hall–Kier alpha value is -3.02. The summed E-state index contributed by atoms with van der Waals surface area (Å²) in [6.45, 7) is 0. The Balaban J connectivity index is 1.78. The number of pyridine rings is 1. The van der Waals surface area contributed by atoms with Crippen molar-refractivity contribution in [2.24, 2.45) is 0 Å². The van der Waals surface area contributed by atoms with Crippen LogP contribution in [0.1, 0.15) is 5.56 Å². The summed E-state index contributed by atoms with van der Waals surface area (Å²) in [6, 6.07) is 9.65. The number of carbonyl (C=O) groups excluding carboxylic acids is 1. The van der Waals surface area contributed by atoms with E-state index in [0.717, 1.165) is 12.1 Å². The molecule has 0 radical (unpaired) electrons. The summed E-state index contributed by atoms with van der Waals surface area (Å²) in [6.07, 6.45) is 1.31. The van der Waals surface area contributed by atoms with Gasteiger partial charge in [-0.2, -0.15) is 0 Å². The molecule has 4 nitrogen and oxygen atoms in total. The number of fused-ring (bicyclic) bond motifs is 1. The maximum atomic E-state index is 13.5. The van der Waals surface area contributed by atoms with Gasteiger partial charge < -0.3 is 10.3 Å². The van der Waals surface area contributed by atoms with E-state index in [4.69, 9.17) is 0 Å². The zero-order valence-corrected chi connectivity index (χ0v) is 11.9. The number of H-pyrrole nitrogens is 1. The first-order valence-corrected chi connectivity index (χ1v) is 6.88. The molecule has 0 aliphatic carbocycles. The lowest BCUT2D eigenvalue weighted by atomic mass is 10.1. The van der Waals surface area contributed by atoms with Gasteiger partial charge in [-0.25, -0.2) is 8.78 Å². The zero-order valence-electron chi connectivity index (χ0n) is 11.9. The molecule has 0 unspecified atom stereocenters. The number of aromatic nitrogens is 1. The largest absolute Gasteiger partial charge is 0.329 e. The summed E-state index contributed by atoms with van der Waals surface area (Å²) in [5, 5.41) is 3.82. The number of carbonyl (C=O) groups is 1. The molecular weight excluding hydrogens is 302 g/mol. The second kappa shape index (κ2) is 6.00. The summed E-state index contributed by atoms with van der Waals surface area (Å²) < 4.78 is 26.4. The molecule has 1 heterocycles. The maximum Gasteiger partial charge on any atom is 0.255 e. The highest BCUT2D eigenvalue weighted by atomic mass is 19.1. The molecule has 23 heavy (non-hydrogen) atoms. The Morgan fingerprint density at radius 1 is 1.09 bits per heavy atom. The van der Waals surface area contributed by atoms with E-state index in [1.807, 2.05) is 0 Å². The lowest BCUT2D eigenvalue weighted by Gasteiger charge is -2.07. The van der Waals surface area contributed by atoms with Gasteiger partial charge in [-0.15, -0.1) is 0 Å². The van der Waals surface area contributed by atoms with E-state index in [1.54, 1.807) is 24.3 Å². The van der Waals surface area contributed by atoms with Gasteiger partial charge in [0.05, 0.1) is 6.42 Å². The van der Waals surface area contributed by atoms with Crippen LogP contribution in [0.5, 0.6) is 0 Å². The Morgan fingerprint density at radius 3 is 2.70 bits per heavy atom. The number of amides is 1. The lowest BCUT2D eigenvalue weighted by molar-refractivity contribution is -0.115. The molecule has 116 valence electrons. The first-order chi connectivity index (χ1) is 11.0. The number of halogens is 2. The number of nitrogens with one attached hydrogen (secondary N) is 2. The van der Waals surface area contributed by atoms with Crippen LogP contribution in [-0.4, -0.2) is 10.9 Å². The first kappa shape index (κ1) is 14.9. The molecule has 1 amide bonds. The highest BCUT2D eigenvalue weighted by molar-refractivity contribution is 5.95. The van der Waals surface area contributed by atoms with Gasteiger partial charge in [-0.1, -0.05) is 6.07 Å². The van der Waals surface area contributed by atoms with E-state index in [9.17, 15) is 18.4 Å². The van der Waals surface area contributed by atoms with E-state index >= 15 is 0 Å². The van der Waals surface area contributed by atoms with Crippen molar-refractivity contribution < 1.29 is 13.6 Å². The van der Waals surface area contributed by atoms with Crippen molar-refractivity contribution in [1.82, 2.24) is 4.98 Å². The first-order valence-electron chi connectivity index (χ1n) is 6.88. The number of rotatable bonds is 3. The summed E-state index contributed by atoms with van der Waals surface area (Å²) in [4.78, 5) is 26.1. The van der Waals surface area contributed by atoms with Gasteiger partial charge in [0.1, 0.15) is 11.6 Å². The van der Waals surface area contributed by atoms with Crippen LogP contribution in [0.15, 0.2) is 53.5 Å². The SMILES string of the molecule is O=C(Cc1ccc(F)cc1F)Nc1ccc2c(=O)[nH]ccc2c1. The van der Waals surface area contributed by atoms with Crippen molar-refractivity contribution in [3.8, 4) is 0 Å². The minimum atomic E-state index is -0.759. The van der Waals surface area contributed by atoms with Gasteiger partial charge in [0, 0.05) is 23.3 Å². The van der Waals surface area contributed by atoms with E-state index in [-0.39, 0.29) is 17.5 Å². The Bertz CT molecular complexity index is 951. The molecule has 3 rings (SSSR count). The summed E-state index contributed by atoms with van der Waals surface area (Å²) in [5.41, 5.74) is 0.394. The summed E-state index contributed by atoms with van der Waals surface area (Å²) in [7, 11) is 0. The number of hydrogen-bond acceptors (Lipinski definition) is 2. The topological polar surface area (TPSA) is 62.0 Å². The number of anilines is 1. The monoisotopic (exact) mass is 314 g/mol. The summed E-state index contributed by atoms with van der Waals surface area (Å²) >= 11 is 0. The predicted molar refractivity (Wildman–Crippen MR) is 83.3 cm³/mol. The highest BCUT2D eigenvalue weighted by Gasteiger charge is 2.10. The van der Waals surface area contributed by atoms with Crippen LogP contribution in [0.3, 0.4) is 0 Å². The summed E-state index contributed by atoms with van der Waals surface area (Å²) in [5.74, 6) is -1.88. The van der Waals surface area contributed by atoms with Crippen LogP contribution in [0.2, 0.25) is 0 Å². The van der Waals surface area contributed by atoms with Crippen LogP contribution in [0, 0.1) is 11.6 Å². The normalized spacial score (nSPS) is 10.7. The van der Waals surface area contributed by atoms with Crippen LogP contribution in [0.4, 0.5) is 14.5 Å². The molecule has 1 aromatic heterocycles. The molecule has 0 aliphatic rings. The molecule has 6 heteroatoms. The lowest BCUT2D eigenvalue weighted by Crippen LogP contribution is -2.15. The standard InChI is InChI=1S/C17H12F2N2O2/c18-12-2-1-11(15(19)9-12)8-16(22)21-13-3-4-14-10(7-13)5-6-20-17(14)23/h1-7,9H,8H2,(H,20,23)(H,21,22). The van der Waals surface area contributed by atoms with Gasteiger partial charge >= 0.3 is 0 Å². The van der Waals surface area contributed by atoms with E-state index in [1.165, 1.54) is 12.3 Å². The predicted octanol–water partition coefficient (Wildman–Crippen LogP) is 2.99. The van der Waals surface area contributed by atoms with Crippen LogP contribution in [-0.2, 0) is 11.2 Å². The average Bonchev–Trinajstić information content (AvgIpc) is 2.50. The van der Waals surface area contributed by atoms with Gasteiger partial charge in [-0.3, -0.25) is 9.59 Å². The van der Waals surface area contributed by atoms with Crippen LogP contribution < -0.4 is 10.9 Å². The third-order valence-electron chi connectivity index (χ3n) is 3.42. The molecule has 0 saturated carbocycles. The molecule has 0 aliphatic heterocycles. The number of aromatic amines is 1. The third-order valence-corrected chi connectivity index (χ3v) is 3.42. The molecule has 0 atom stereocenters. The average molecular weight is 314 g/mol. The minimum absolute atomic E-state index is 0.112. The van der Waals surface area contributed by atoms with E-state index in [0.29, 0.717) is 16.5 Å². The van der Waals surface area contributed by atoms with Crippen molar-refractivity contribution in [2.75, 3.05) is 5.32 Å².